The number of carbonyl (C=O) groups is 3. The molecule has 0 aromatic heterocycles. The number of hydrogen-bond acceptors (Lipinski definition) is 5. The molecule has 0 aliphatic heterocycles. The first kappa shape index (κ1) is 24.2. The minimum atomic E-state index is -2.17. The molecule has 0 radical (unpaired) electrons. The van der Waals surface area contributed by atoms with Crippen LogP contribution < -0.4 is 0 Å². The van der Waals surface area contributed by atoms with Gasteiger partial charge in [-0.2, -0.15) is 0 Å². The minimum Gasteiger partial charge on any atom is -0.461 e. The zero-order valence-corrected chi connectivity index (χ0v) is 19.8. The SMILES string of the molecule is CCC(=O)O[C@@H]1[C@H](C)C[C@H]2[C@@H]3C[C@H](F)C4=CC(=O)C=C[C@]4(C)[C@@]3(F)[C@@H](O)C[C@]12CCC(C)=O. The van der Waals surface area contributed by atoms with Gasteiger partial charge in [0.25, 0.3) is 0 Å². The maximum absolute atomic E-state index is 17.2. The van der Waals surface area contributed by atoms with Gasteiger partial charge in [-0.1, -0.05) is 19.9 Å². The summed E-state index contributed by atoms with van der Waals surface area (Å²) in [4.78, 5) is 36.2. The highest BCUT2D eigenvalue weighted by Crippen LogP contribution is 2.70. The van der Waals surface area contributed by atoms with Gasteiger partial charge in [0.2, 0.25) is 0 Å². The fourth-order valence-corrected chi connectivity index (χ4v) is 7.59. The molecule has 182 valence electrons. The van der Waals surface area contributed by atoms with E-state index in [1.165, 1.54) is 25.2 Å². The van der Waals surface area contributed by atoms with Crippen LogP contribution >= 0.6 is 0 Å². The summed E-state index contributed by atoms with van der Waals surface area (Å²) in [5.74, 6) is -2.10. The summed E-state index contributed by atoms with van der Waals surface area (Å²) >= 11 is 0. The molecule has 0 unspecified atom stereocenters. The number of hydrogen-bond donors (Lipinski definition) is 1. The van der Waals surface area contributed by atoms with Crippen molar-refractivity contribution in [3.05, 3.63) is 23.8 Å². The molecule has 0 aromatic rings. The molecule has 0 aromatic carbocycles. The number of aliphatic hydroxyl groups is 1. The van der Waals surface area contributed by atoms with Gasteiger partial charge in [0.15, 0.2) is 11.5 Å². The lowest BCUT2D eigenvalue weighted by molar-refractivity contribution is -0.218. The fourth-order valence-electron chi connectivity index (χ4n) is 7.59. The van der Waals surface area contributed by atoms with Gasteiger partial charge < -0.3 is 14.6 Å². The molecule has 4 aliphatic rings. The van der Waals surface area contributed by atoms with E-state index < -0.39 is 40.8 Å². The Morgan fingerprint density at radius 1 is 1.27 bits per heavy atom. The molecule has 1 N–H and O–H groups in total. The second-order valence-corrected chi connectivity index (χ2v) is 10.9. The monoisotopic (exact) mass is 464 g/mol. The summed E-state index contributed by atoms with van der Waals surface area (Å²) in [7, 11) is 0. The summed E-state index contributed by atoms with van der Waals surface area (Å²) in [6.07, 6.45) is 1.46. The van der Waals surface area contributed by atoms with E-state index in [2.05, 4.69) is 0 Å². The van der Waals surface area contributed by atoms with E-state index in [9.17, 15) is 19.5 Å². The number of halogens is 2. The summed E-state index contributed by atoms with van der Waals surface area (Å²) in [6.45, 7) is 6.69. The van der Waals surface area contributed by atoms with Crippen molar-refractivity contribution in [2.24, 2.45) is 28.6 Å². The average Bonchev–Trinajstić information content (AvgIpc) is 3.02. The van der Waals surface area contributed by atoms with Crippen LogP contribution in [0.15, 0.2) is 23.8 Å². The number of fused-ring (bicyclic) bond motifs is 5. The first-order chi connectivity index (χ1) is 15.4. The Kier molecular flexibility index (Phi) is 5.95. The van der Waals surface area contributed by atoms with Crippen LogP contribution in [0, 0.1) is 28.6 Å². The van der Waals surface area contributed by atoms with Gasteiger partial charge in [-0.3, -0.25) is 9.59 Å². The van der Waals surface area contributed by atoms with Crippen LogP contribution in [0.4, 0.5) is 8.78 Å². The number of alkyl halides is 2. The quantitative estimate of drug-likeness (QED) is 0.616. The number of carbonyl (C=O) groups excluding carboxylic acids is 3. The van der Waals surface area contributed by atoms with E-state index >= 15 is 8.78 Å². The van der Waals surface area contributed by atoms with Gasteiger partial charge in [-0.15, -0.1) is 0 Å². The van der Waals surface area contributed by atoms with Gasteiger partial charge in [-0.05, 0) is 69.1 Å². The molecule has 5 nitrogen and oxygen atoms in total. The Bertz CT molecular complexity index is 928. The van der Waals surface area contributed by atoms with Crippen molar-refractivity contribution >= 4 is 17.5 Å². The molecule has 7 heteroatoms. The van der Waals surface area contributed by atoms with Crippen LogP contribution in [0.2, 0.25) is 0 Å². The van der Waals surface area contributed by atoms with Crippen LogP contribution in [0.1, 0.15) is 66.2 Å². The van der Waals surface area contributed by atoms with E-state index in [0.717, 1.165) is 0 Å². The van der Waals surface area contributed by atoms with Crippen molar-refractivity contribution < 1.29 is 33.0 Å². The van der Waals surface area contributed by atoms with Crippen molar-refractivity contribution in [1.29, 1.82) is 0 Å². The maximum atomic E-state index is 17.2. The number of allylic oxidation sites excluding steroid dienone is 4. The Labute approximate surface area is 193 Å². The molecule has 3 saturated carbocycles. The molecule has 0 heterocycles. The third kappa shape index (κ3) is 3.36. The third-order valence-corrected chi connectivity index (χ3v) is 9.09. The van der Waals surface area contributed by atoms with Gasteiger partial charge in [-0.25, -0.2) is 8.78 Å². The topological polar surface area (TPSA) is 80.7 Å². The summed E-state index contributed by atoms with van der Waals surface area (Å²) in [6, 6.07) is 0. The molecule has 4 rings (SSSR count). The van der Waals surface area contributed by atoms with Crippen LogP contribution in [-0.2, 0) is 19.1 Å². The second kappa shape index (κ2) is 8.10. The molecule has 0 bridgehead atoms. The number of Topliss-reactive ketones (excluding diaryl/α,β-unsaturated/α-hetero) is 1. The smallest absolute Gasteiger partial charge is 0.305 e. The first-order valence-electron chi connectivity index (χ1n) is 12.1. The highest BCUT2D eigenvalue weighted by atomic mass is 19.1. The van der Waals surface area contributed by atoms with Crippen LogP contribution in [0.3, 0.4) is 0 Å². The minimum absolute atomic E-state index is 0.0194. The maximum Gasteiger partial charge on any atom is 0.305 e. The van der Waals surface area contributed by atoms with Crippen molar-refractivity contribution in [2.75, 3.05) is 0 Å². The number of rotatable bonds is 5. The fraction of sp³-hybridized carbons (Fsp3) is 0.731. The Balaban J connectivity index is 1.82. The summed E-state index contributed by atoms with van der Waals surface area (Å²) in [5, 5.41) is 11.4. The van der Waals surface area contributed by atoms with Gasteiger partial charge in [0, 0.05) is 29.6 Å². The van der Waals surface area contributed by atoms with Gasteiger partial charge in [0.05, 0.1) is 6.10 Å². The molecule has 0 saturated heterocycles. The lowest BCUT2D eigenvalue weighted by atomic mass is 9.44. The van der Waals surface area contributed by atoms with E-state index in [1.54, 1.807) is 13.8 Å². The normalized spacial score (nSPS) is 46.2. The Morgan fingerprint density at radius 3 is 2.61 bits per heavy atom. The number of aliphatic hydroxyl groups excluding tert-OH is 1. The molecular weight excluding hydrogens is 430 g/mol. The summed E-state index contributed by atoms with van der Waals surface area (Å²) in [5.41, 5.74) is -4.34. The molecular formula is C26H34F2O5. The van der Waals surface area contributed by atoms with Crippen LogP contribution in [0.5, 0.6) is 0 Å². The van der Waals surface area contributed by atoms with Gasteiger partial charge in [0.1, 0.15) is 18.1 Å². The van der Waals surface area contributed by atoms with E-state index in [1.807, 2.05) is 6.92 Å². The lowest BCUT2D eigenvalue weighted by Crippen LogP contribution is -2.69. The largest absolute Gasteiger partial charge is 0.461 e. The standard InChI is InChI=1S/C26H34F2O5/c1-5-22(32)33-23-14(2)10-17-18-12-20(27)19-11-16(30)7-8-24(19,4)26(18,28)21(31)13-25(17,23)9-6-15(3)29/h7-8,11,14,17-18,20-21,23,31H,5-6,9-10,12-13H2,1-4H3/t14-,17+,18+,20+,21+,23-,24+,25+,26+/m1/s1. The zero-order valence-electron chi connectivity index (χ0n) is 19.8. The first-order valence-corrected chi connectivity index (χ1v) is 12.1. The Hall–Kier alpha value is -1.89. The molecule has 4 aliphatic carbocycles. The summed E-state index contributed by atoms with van der Waals surface area (Å²) < 4.78 is 38.6. The zero-order chi connectivity index (χ0) is 24.3. The molecule has 3 fully saturated rings. The van der Waals surface area contributed by atoms with E-state index in [4.69, 9.17) is 4.74 Å². The molecule has 0 spiro atoms. The number of ether oxygens (including phenoxy) is 1. The second-order valence-electron chi connectivity index (χ2n) is 10.9. The predicted molar refractivity (Wildman–Crippen MR) is 118 cm³/mol. The van der Waals surface area contributed by atoms with Gasteiger partial charge >= 0.3 is 5.97 Å². The highest BCUT2D eigenvalue weighted by Gasteiger charge is 2.74. The highest BCUT2D eigenvalue weighted by molar-refractivity contribution is 6.01. The molecule has 0 amide bonds. The van der Waals surface area contributed by atoms with Crippen molar-refractivity contribution in [3.63, 3.8) is 0 Å². The molecule has 9 atom stereocenters. The number of esters is 1. The average molecular weight is 465 g/mol. The van der Waals surface area contributed by atoms with Crippen LogP contribution in [0.25, 0.3) is 0 Å². The predicted octanol–water partition coefficient (Wildman–Crippen LogP) is 4.22. The Morgan fingerprint density at radius 2 is 1.97 bits per heavy atom. The molecule has 33 heavy (non-hydrogen) atoms. The van der Waals surface area contributed by atoms with Crippen molar-refractivity contribution in [3.8, 4) is 0 Å². The van der Waals surface area contributed by atoms with E-state index in [-0.39, 0.29) is 60.6 Å². The van der Waals surface area contributed by atoms with Crippen molar-refractivity contribution in [1.82, 2.24) is 0 Å². The van der Waals surface area contributed by atoms with E-state index in [0.29, 0.717) is 12.8 Å². The third-order valence-electron chi connectivity index (χ3n) is 9.09. The van der Waals surface area contributed by atoms with Crippen molar-refractivity contribution in [2.45, 2.75) is 90.3 Å². The van der Waals surface area contributed by atoms with Crippen LogP contribution in [-0.4, -0.2) is 46.7 Å². The number of ketones is 2. The lowest BCUT2D eigenvalue weighted by Gasteiger charge is -2.62.